The van der Waals surface area contributed by atoms with Crippen LogP contribution in [0.1, 0.15) is 30.7 Å². The van der Waals surface area contributed by atoms with E-state index < -0.39 is 0 Å². The van der Waals surface area contributed by atoms with Gasteiger partial charge in [-0.25, -0.2) is 9.18 Å². The molecule has 1 unspecified atom stereocenters. The molecule has 2 fully saturated rings. The van der Waals surface area contributed by atoms with E-state index in [0.717, 1.165) is 38.0 Å². The van der Waals surface area contributed by atoms with E-state index in [0.29, 0.717) is 26.3 Å². The minimum absolute atomic E-state index is 0.0259. The quantitative estimate of drug-likeness (QED) is 0.644. The summed E-state index contributed by atoms with van der Waals surface area (Å²) in [6.45, 7) is 3.92. The van der Waals surface area contributed by atoms with Crippen molar-refractivity contribution in [3.8, 4) is 0 Å². The molecule has 0 radical (unpaired) electrons. The van der Waals surface area contributed by atoms with E-state index in [1.165, 1.54) is 12.1 Å². The summed E-state index contributed by atoms with van der Waals surface area (Å²) >= 11 is 0. The molecule has 3 rings (SSSR count). The molecule has 0 saturated carbocycles. The number of carbonyl (C=O) groups is 1. The number of halogens is 1. The van der Waals surface area contributed by atoms with Crippen LogP contribution in [-0.2, 0) is 9.47 Å². The molecule has 3 atom stereocenters. The van der Waals surface area contributed by atoms with Crippen LogP contribution in [-0.4, -0.2) is 57.6 Å². The van der Waals surface area contributed by atoms with Crippen molar-refractivity contribution >= 4 is 6.03 Å². The Bertz CT molecular complexity index is 564. The lowest BCUT2D eigenvalue weighted by atomic mass is 9.86. The highest BCUT2D eigenvalue weighted by atomic mass is 19.1. The fourth-order valence-electron chi connectivity index (χ4n) is 3.57. The van der Waals surface area contributed by atoms with E-state index in [9.17, 15) is 9.18 Å². The number of urea groups is 1. The van der Waals surface area contributed by atoms with Crippen LogP contribution in [0.5, 0.6) is 0 Å². The van der Waals surface area contributed by atoms with Crippen LogP contribution in [0.4, 0.5) is 9.18 Å². The number of amides is 2. The number of piperidine rings is 1. The van der Waals surface area contributed by atoms with Gasteiger partial charge in [-0.1, -0.05) is 12.1 Å². The monoisotopic (exact) mass is 365 g/mol. The van der Waals surface area contributed by atoms with Gasteiger partial charge in [-0.2, -0.15) is 0 Å². The Morgan fingerprint density at radius 1 is 1.31 bits per heavy atom. The Morgan fingerprint density at radius 2 is 2.15 bits per heavy atom. The third kappa shape index (κ3) is 5.65. The Balaban J connectivity index is 1.39. The van der Waals surface area contributed by atoms with E-state index in [1.807, 2.05) is 0 Å². The third-order valence-corrected chi connectivity index (χ3v) is 4.96. The zero-order chi connectivity index (χ0) is 18.2. The number of carbonyl (C=O) groups excluding carboxylic acids is 1. The fourth-order valence-corrected chi connectivity index (χ4v) is 3.57. The van der Waals surface area contributed by atoms with Gasteiger partial charge in [-0.05, 0) is 43.5 Å². The van der Waals surface area contributed by atoms with Crippen molar-refractivity contribution in [2.24, 2.45) is 0 Å². The Hall–Kier alpha value is -1.70. The molecule has 2 aliphatic rings. The molecule has 3 N–H and O–H groups in total. The molecule has 7 heteroatoms. The molecule has 1 aromatic carbocycles. The largest absolute Gasteiger partial charge is 0.377 e. The van der Waals surface area contributed by atoms with Crippen LogP contribution in [0, 0.1) is 5.82 Å². The van der Waals surface area contributed by atoms with Crippen LogP contribution in [0.3, 0.4) is 0 Å². The molecule has 2 aliphatic heterocycles. The zero-order valence-corrected chi connectivity index (χ0v) is 15.0. The highest BCUT2D eigenvalue weighted by Crippen LogP contribution is 2.25. The number of nitrogens with one attached hydrogen (secondary N) is 3. The minimum Gasteiger partial charge on any atom is -0.377 e. The number of rotatable bonds is 7. The predicted molar refractivity (Wildman–Crippen MR) is 96.7 cm³/mol. The maximum absolute atomic E-state index is 13.2. The maximum atomic E-state index is 13.2. The SMILES string of the molecule is O=C(NCCOCC1CCCO1)N[C@H]1CNCC[C@H]1c1ccc(F)cc1. The summed E-state index contributed by atoms with van der Waals surface area (Å²) in [6, 6.07) is 6.32. The van der Waals surface area contributed by atoms with E-state index in [1.54, 1.807) is 12.1 Å². The van der Waals surface area contributed by atoms with Crippen molar-refractivity contribution in [2.45, 2.75) is 37.3 Å². The first-order chi connectivity index (χ1) is 12.7. The van der Waals surface area contributed by atoms with Gasteiger partial charge < -0.3 is 25.4 Å². The standard InChI is InChI=1S/C19H28FN3O3/c20-15-5-3-14(4-6-15)17-7-8-21-12-18(17)23-19(24)22-9-11-25-13-16-2-1-10-26-16/h3-6,16-18,21H,1-2,7-13H2,(H2,22,23,24)/t16?,17-,18-/m0/s1. The summed E-state index contributed by atoms with van der Waals surface area (Å²) in [5.41, 5.74) is 1.05. The van der Waals surface area contributed by atoms with Gasteiger partial charge in [0.05, 0.1) is 19.3 Å². The fraction of sp³-hybridized carbons (Fsp3) is 0.632. The van der Waals surface area contributed by atoms with Crippen molar-refractivity contribution in [3.63, 3.8) is 0 Å². The molecule has 0 bridgehead atoms. The highest BCUT2D eigenvalue weighted by molar-refractivity contribution is 5.74. The van der Waals surface area contributed by atoms with Gasteiger partial charge in [0, 0.05) is 31.7 Å². The number of ether oxygens (including phenoxy) is 2. The topological polar surface area (TPSA) is 71.6 Å². The second kappa shape index (κ2) is 9.85. The normalized spacial score (nSPS) is 25.8. The summed E-state index contributed by atoms with van der Waals surface area (Å²) in [6.07, 6.45) is 3.25. The Kier molecular flexibility index (Phi) is 7.22. The van der Waals surface area contributed by atoms with Gasteiger partial charge in [0.15, 0.2) is 0 Å². The molecule has 0 aromatic heterocycles. The van der Waals surface area contributed by atoms with Crippen molar-refractivity contribution < 1.29 is 18.7 Å². The summed E-state index contributed by atoms with van der Waals surface area (Å²) in [5, 5.41) is 9.16. The van der Waals surface area contributed by atoms with Crippen LogP contribution in [0.2, 0.25) is 0 Å². The molecule has 2 amide bonds. The molecule has 144 valence electrons. The van der Waals surface area contributed by atoms with E-state index >= 15 is 0 Å². The molecular formula is C19H28FN3O3. The van der Waals surface area contributed by atoms with Crippen LogP contribution in [0.15, 0.2) is 24.3 Å². The first-order valence-corrected chi connectivity index (χ1v) is 9.42. The van der Waals surface area contributed by atoms with Gasteiger partial charge in [-0.15, -0.1) is 0 Å². The second-order valence-electron chi connectivity index (χ2n) is 6.87. The van der Waals surface area contributed by atoms with Gasteiger partial charge in [0.1, 0.15) is 5.82 Å². The van der Waals surface area contributed by atoms with Crippen molar-refractivity contribution in [1.82, 2.24) is 16.0 Å². The molecule has 6 nitrogen and oxygen atoms in total. The summed E-state index contributed by atoms with van der Waals surface area (Å²) in [7, 11) is 0. The molecule has 1 aromatic rings. The molecule has 0 spiro atoms. The van der Waals surface area contributed by atoms with Crippen LogP contribution < -0.4 is 16.0 Å². The van der Waals surface area contributed by atoms with Gasteiger partial charge in [-0.3, -0.25) is 0 Å². The van der Waals surface area contributed by atoms with Crippen molar-refractivity contribution in [1.29, 1.82) is 0 Å². The van der Waals surface area contributed by atoms with Gasteiger partial charge >= 0.3 is 6.03 Å². The molecule has 26 heavy (non-hydrogen) atoms. The average molecular weight is 365 g/mol. The maximum Gasteiger partial charge on any atom is 0.315 e. The van der Waals surface area contributed by atoms with E-state index in [4.69, 9.17) is 9.47 Å². The van der Waals surface area contributed by atoms with Gasteiger partial charge in [0.2, 0.25) is 0 Å². The average Bonchev–Trinajstić information content (AvgIpc) is 3.16. The lowest BCUT2D eigenvalue weighted by molar-refractivity contribution is 0.0188. The summed E-state index contributed by atoms with van der Waals surface area (Å²) in [4.78, 5) is 12.2. The lowest BCUT2D eigenvalue weighted by Crippen LogP contribution is -2.53. The predicted octanol–water partition coefficient (Wildman–Crippen LogP) is 1.77. The van der Waals surface area contributed by atoms with E-state index in [2.05, 4.69) is 16.0 Å². The molecule has 0 aliphatic carbocycles. The lowest BCUT2D eigenvalue weighted by Gasteiger charge is -2.33. The van der Waals surface area contributed by atoms with Gasteiger partial charge in [0.25, 0.3) is 0 Å². The van der Waals surface area contributed by atoms with Crippen LogP contribution >= 0.6 is 0 Å². The summed E-state index contributed by atoms with van der Waals surface area (Å²) in [5.74, 6) is -0.0636. The zero-order valence-electron chi connectivity index (χ0n) is 15.0. The number of hydrogen-bond donors (Lipinski definition) is 3. The Morgan fingerprint density at radius 3 is 2.92 bits per heavy atom. The molecule has 2 heterocycles. The smallest absolute Gasteiger partial charge is 0.315 e. The Labute approximate surface area is 153 Å². The van der Waals surface area contributed by atoms with Crippen molar-refractivity contribution in [2.75, 3.05) is 39.5 Å². The second-order valence-corrected chi connectivity index (χ2v) is 6.87. The molecular weight excluding hydrogens is 337 g/mol. The van der Waals surface area contributed by atoms with Crippen LogP contribution in [0.25, 0.3) is 0 Å². The minimum atomic E-state index is -0.243. The summed E-state index contributed by atoms with van der Waals surface area (Å²) < 4.78 is 24.2. The van der Waals surface area contributed by atoms with E-state index in [-0.39, 0.29) is 29.9 Å². The number of benzene rings is 1. The van der Waals surface area contributed by atoms with Crippen molar-refractivity contribution in [3.05, 3.63) is 35.6 Å². The number of hydrogen-bond acceptors (Lipinski definition) is 4. The molecule has 2 saturated heterocycles. The first-order valence-electron chi connectivity index (χ1n) is 9.42. The first kappa shape index (κ1) is 19.1. The highest BCUT2D eigenvalue weighted by Gasteiger charge is 2.27. The third-order valence-electron chi connectivity index (χ3n) is 4.96.